The van der Waals surface area contributed by atoms with Crippen LogP contribution in [0.3, 0.4) is 0 Å². The van der Waals surface area contributed by atoms with Crippen molar-refractivity contribution < 1.29 is 23.9 Å². The Labute approximate surface area is 185 Å². The number of hydrogen-bond donors (Lipinski definition) is 2. The quantitative estimate of drug-likeness (QED) is 0.192. The molecule has 0 unspecified atom stereocenters. The molecule has 0 rings (SSSR count). The summed E-state index contributed by atoms with van der Waals surface area (Å²) >= 11 is 0. The Hall–Kier alpha value is -1.14. The number of rotatable bonds is 22. The van der Waals surface area contributed by atoms with Gasteiger partial charge in [0.15, 0.2) is 6.54 Å². The largest absolute Gasteiger partial charge is 0.477 e. The van der Waals surface area contributed by atoms with E-state index < -0.39 is 5.97 Å². The van der Waals surface area contributed by atoms with E-state index in [-0.39, 0.29) is 12.5 Å². The fourth-order valence-corrected chi connectivity index (χ4v) is 3.49. The van der Waals surface area contributed by atoms with Gasteiger partial charge in [0.05, 0.1) is 27.2 Å². The number of nitrogens with zero attached hydrogens (tertiary/aromatic N) is 1. The van der Waals surface area contributed by atoms with Gasteiger partial charge in [-0.15, -0.1) is 0 Å². The highest BCUT2D eigenvalue weighted by Crippen LogP contribution is 2.11. The monoisotopic (exact) mass is 429 g/mol. The fourth-order valence-electron chi connectivity index (χ4n) is 3.49. The Morgan fingerprint density at radius 1 is 0.800 bits per heavy atom. The first-order valence-corrected chi connectivity index (χ1v) is 12.3. The van der Waals surface area contributed by atoms with Crippen molar-refractivity contribution in [1.82, 2.24) is 5.32 Å². The maximum atomic E-state index is 11.8. The predicted molar refractivity (Wildman–Crippen MR) is 124 cm³/mol. The van der Waals surface area contributed by atoms with Gasteiger partial charge in [0.1, 0.15) is 0 Å². The summed E-state index contributed by atoms with van der Waals surface area (Å²) in [4.78, 5) is 22.6. The summed E-state index contributed by atoms with van der Waals surface area (Å²) in [7, 11) is 3.71. The van der Waals surface area contributed by atoms with Gasteiger partial charge in [0, 0.05) is 19.6 Å². The Bertz CT molecular complexity index is 427. The molecule has 0 fully saturated rings. The summed E-state index contributed by atoms with van der Waals surface area (Å²) in [5, 5.41) is 11.7. The van der Waals surface area contributed by atoms with Crippen molar-refractivity contribution in [2.45, 2.75) is 96.8 Å². The molecule has 0 saturated heterocycles. The molecule has 0 aliphatic heterocycles. The van der Waals surface area contributed by atoms with E-state index in [1.807, 2.05) is 14.1 Å². The third kappa shape index (κ3) is 21.6. The van der Waals surface area contributed by atoms with Crippen LogP contribution in [0.15, 0.2) is 0 Å². The second-order valence-electron chi connectivity index (χ2n) is 9.17. The molecule has 0 aromatic heterocycles. The standard InChI is InChI=1S/C24H48N2O4/c1-4-5-6-7-8-9-10-11-12-13-15-20-30-21-16-14-17-23(27)25-18-19-26(2,3)22-24(28)29/h4-22H2,1-3H3,(H-,25,27,28,29)/p+1. The van der Waals surface area contributed by atoms with Crippen LogP contribution in [0.4, 0.5) is 0 Å². The SMILES string of the molecule is CCCCCCCCCCCCCOCCCCC(=O)NCC[N+](C)(C)CC(=O)O. The summed E-state index contributed by atoms with van der Waals surface area (Å²) < 4.78 is 6.03. The average molecular weight is 430 g/mol. The average Bonchev–Trinajstić information content (AvgIpc) is 2.66. The predicted octanol–water partition coefficient (Wildman–Crippen LogP) is 4.76. The third-order valence-electron chi connectivity index (χ3n) is 5.44. The normalized spacial score (nSPS) is 11.6. The first kappa shape index (κ1) is 28.9. The van der Waals surface area contributed by atoms with Crippen LogP contribution in [-0.4, -0.2) is 68.4 Å². The lowest BCUT2D eigenvalue weighted by molar-refractivity contribution is -0.881. The number of amides is 1. The van der Waals surface area contributed by atoms with Gasteiger partial charge in [-0.1, -0.05) is 71.1 Å². The first-order chi connectivity index (χ1) is 14.4. The van der Waals surface area contributed by atoms with Gasteiger partial charge in [-0.05, 0) is 19.3 Å². The van der Waals surface area contributed by atoms with Gasteiger partial charge in [-0.25, -0.2) is 4.79 Å². The van der Waals surface area contributed by atoms with Crippen molar-refractivity contribution in [1.29, 1.82) is 0 Å². The molecule has 2 N–H and O–H groups in total. The number of quaternary nitrogens is 1. The number of hydrogen-bond acceptors (Lipinski definition) is 3. The van der Waals surface area contributed by atoms with Crippen LogP contribution in [0.5, 0.6) is 0 Å². The van der Waals surface area contributed by atoms with Gasteiger partial charge in [0.25, 0.3) is 0 Å². The molecule has 6 heteroatoms. The summed E-state index contributed by atoms with van der Waals surface area (Å²) in [5.74, 6) is -0.782. The second kappa shape index (κ2) is 19.8. The Morgan fingerprint density at radius 3 is 1.83 bits per heavy atom. The highest BCUT2D eigenvalue weighted by atomic mass is 16.5. The smallest absolute Gasteiger partial charge is 0.359 e. The third-order valence-corrected chi connectivity index (χ3v) is 5.44. The van der Waals surface area contributed by atoms with Crippen molar-refractivity contribution in [3.05, 3.63) is 0 Å². The van der Waals surface area contributed by atoms with Crippen LogP contribution in [0, 0.1) is 0 Å². The number of carbonyl (C=O) groups excluding carboxylic acids is 1. The molecule has 1 amide bonds. The summed E-state index contributed by atoms with van der Waals surface area (Å²) in [5.41, 5.74) is 0. The number of carbonyl (C=O) groups is 2. The molecule has 0 spiro atoms. The van der Waals surface area contributed by atoms with E-state index in [1.165, 1.54) is 64.2 Å². The molecule has 0 heterocycles. The molecule has 0 saturated carbocycles. The first-order valence-electron chi connectivity index (χ1n) is 12.3. The molecular weight excluding hydrogens is 380 g/mol. The van der Waals surface area contributed by atoms with E-state index in [9.17, 15) is 9.59 Å². The fraction of sp³-hybridized carbons (Fsp3) is 0.917. The number of carboxylic acids is 1. The van der Waals surface area contributed by atoms with Crippen LogP contribution < -0.4 is 5.32 Å². The number of nitrogens with one attached hydrogen (secondary N) is 1. The lowest BCUT2D eigenvalue weighted by Gasteiger charge is -2.27. The number of ether oxygens (including phenoxy) is 1. The van der Waals surface area contributed by atoms with E-state index in [1.54, 1.807) is 0 Å². The molecule has 30 heavy (non-hydrogen) atoms. The summed E-state index contributed by atoms with van der Waals surface area (Å²) in [6.45, 7) is 5.01. The van der Waals surface area contributed by atoms with Crippen molar-refractivity contribution in [3.63, 3.8) is 0 Å². The van der Waals surface area contributed by atoms with Crippen molar-refractivity contribution in [3.8, 4) is 0 Å². The molecule has 0 bridgehead atoms. The molecule has 0 radical (unpaired) electrons. The molecule has 0 aliphatic rings. The molecular formula is C24H49N2O4+. The lowest BCUT2D eigenvalue weighted by atomic mass is 10.1. The second-order valence-corrected chi connectivity index (χ2v) is 9.17. The maximum Gasteiger partial charge on any atom is 0.359 e. The minimum Gasteiger partial charge on any atom is -0.477 e. The zero-order chi connectivity index (χ0) is 22.5. The van der Waals surface area contributed by atoms with Crippen LogP contribution in [-0.2, 0) is 14.3 Å². The van der Waals surface area contributed by atoms with Gasteiger partial charge >= 0.3 is 5.97 Å². The molecule has 0 aromatic rings. The highest BCUT2D eigenvalue weighted by Gasteiger charge is 2.19. The minimum absolute atomic E-state index is 0.0377. The molecule has 0 aliphatic carbocycles. The number of aliphatic carboxylic acids is 1. The van der Waals surface area contributed by atoms with Crippen molar-refractivity contribution in [2.24, 2.45) is 0 Å². The topological polar surface area (TPSA) is 75.6 Å². The van der Waals surface area contributed by atoms with Gasteiger partial charge in [-0.3, -0.25) is 4.79 Å². The molecule has 178 valence electrons. The molecule has 0 atom stereocenters. The van der Waals surface area contributed by atoms with Crippen LogP contribution in [0.25, 0.3) is 0 Å². The van der Waals surface area contributed by atoms with Crippen LogP contribution in [0.1, 0.15) is 96.8 Å². The number of unbranched alkanes of at least 4 members (excludes halogenated alkanes) is 11. The molecule has 0 aromatic carbocycles. The summed E-state index contributed by atoms with van der Waals surface area (Å²) in [6.07, 6.45) is 17.0. The van der Waals surface area contributed by atoms with E-state index in [4.69, 9.17) is 9.84 Å². The Kier molecular flexibility index (Phi) is 19.0. The Morgan fingerprint density at radius 2 is 1.30 bits per heavy atom. The highest BCUT2D eigenvalue weighted by molar-refractivity contribution is 5.75. The van der Waals surface area contributed by atoms with Crippen LogP contribution in [0.2, 0.25) is 0 Å². The van der Waals surface area contributed by atoms with Crippen molar-refractivity contribution >= 4 is 11.9 Å². The van der Waals surface area contributed by atoms with E-state index in [2.05, 4.69) is 12.2 Å². The van der Waals surface area contributed by atoms with Crippen molar-refractivity contribution in [2.75, 3.05) is 46.9 Å². The van der Waals surface area contributed by atoms with E-state index in [0.717, 1.165) is 32.5 Å². The van der Waals surface area contributed by atoms with E-state index >= 15 is 0 Å². The minimum atomic E-state index is -0.820. The van der Waals surface area contributed by atoms with E-state index in [0.29, 0.717) is 24.0 Å². The zero-order valence-corrected chi connectivity index (χ0v) is 20.1. The maximum absolute atomic E-state index is 11.8. The van der Waals surface area contributed by atoms with Gasteiger partial charge in [-0.2, -0.15) is 0 Å². The Balaban J connectivity index is 3.30. The lowest BCUT2D eigenvalue weighted by Crippen LogP contribution is -2.48. The van der Waals surface area contributed by atoms with Gasteiger partial charge < -0.3 is 19.6 Å². The van der Waals surface area contributed by atoms with Crippen LogP contribution >= 0.6 is 0 Å². The van der Waals surface area contributed by atoms with Gasteiger partial charge in [0.2, 0.25) is 5.91 Å². The number of carboxylic acid groups (broad SMARTS) is 1. The molecule has 6 nitrogen and oxygen atoms in total. The zero-order valence-electron chi connectivity index (χ0n) is 20.1. The summed E-state index contributed by atoms with van der Waals surface area (Å²) in [6, 6.07) is 0. The number of likely N-dealkylation sites (N-methyl/N-ethyl adjacent to an activating group) is 1.